The van der Waals surface area contributed by atoms with E-state index in [0.29, 0.717) is 13.1 Å². The lowest BCUT2D eigenvalue weighted by Crippen LogP contribution is -2.27. The van der Waals surface area contributed by atoms with Gasteiger partial charge in [0.15, 0.2) is 0 Å². The van der Waals surface area contributed by atoms with Crippen molar-refractivity contribution in [2.24, 2.45) is 5.73 Å². The molecule has 0 atom stereocenters. The fraction of sp³-hybridized carbons (Fsp3) is 0.583. The van der Waals surface area contributed by atoms with Gasteiger partial charge < -0.3 is 11.1 Å². The molecule has 0 aliphatic carbocycles. The summed E-state index contributed by atoms with van der Waals surface area (Å²) in [5.41, 5.74) is 6.57. The minimum Gasteiger partial charge on any atom is -0.352 e. The van der Waals surface area contributed by atoms with Crippen molar-refractivity contribution in [3.05, 3.63) is 21.5 Å². The highest BCUT2D eigenvalue weighted by Gasteiger charge is 2.15. The SMILES string of the molecule is CC1=CCCC(C)=C(C(=O)NCCCN)S1. The molecule has 3 nitrogen and oxygen atoms in total. The molecule has 0 saturated heterocycles. The molecule has 0 spiro atoms. The number of carbonyl (C=O) groups is 1. The quantitative estimate of drug-likeness (QED) is 0.740. The standard InChI is InChI=1S/C12H20N2OS/c1-9-5-3-6-10(2)16-11(9)12(15)14-8-4-7-13/h6H,3-5,7-8,13H2,1-2H3,(H,14,15). The Morgan fingerprint density at radius 1 is 1.56 bits per heavy atom. The number of carbonyl (C=O) groups excluding carboxylic acids is 1. The molecule has 16 heavy (non-hydrogen) atoms. The summed E-state index contributed by atoms with van der Waals surface area (Å²) in [4.78, 5) is 14.0. The number of hydrogen-bond acceptors (Lipinski definition) is 3. The van der Waals surface area contributed by atoms with E-state index in [1.165, 1.54) is 10.5 Å². The van der Waals surface area contributed by atoms with Gasteiger partial charge in [-0.25, -0.2) is 0 Å². The van der Waals surface area contributed by atoms with Crippen molar-refractivity contribution in [1.82, 2.24) is 5.32 Å². The van der Waals surface area contributed by atoms with E-state index in [4.69, 9.17) is 5.73 Å². The zero-order valence-electron chi connectivity index (χ0n) is 10.0. The Balaban J connectivity index is 2.61. The van der Waals surface area contributed by atoms with Crippen LogP contribution in [0.5, 0.6) is 0 Å². The highest BCUT2D eigenvalue weighted by molar-refractivity contribution is 8.07. The van der Waals surface area contributed by atoms with Crippen LogP contribution < -0.4 is 11.1 Å². The zero-order valence-corrected chi connectivity index (χ0v) is 10.8. The number of nitrogens with two attached hydrogens (primary N) is 1. The van der Waals surface area contributed by atoms with E-state index in [-0.39, 0.29) is 5.91 Å². The molecule has 0 aromatic heterocycles. The fourth-order valence-electron chi connectivity index (χ4n) is 1.52. The molecule has 0 fully saturated rings. The molecule has 90 valence electrons. The predicted octanol–water partition coefficient (Wildman–Crippen LogP) is 2.16. The number of amides is 1. The molecule has 0 saturated carbocycles. The Labute approximate surface area is 102 Å². The molecule has 3 N–H and O–H groups in total. The number of hydrogen-bond donors (Lipinski definition) is 2. The number of nitrogens with one attached hydrogen (secondary N) is 1. The third kappa shape index (κ3) is 4.02. The molecule has 1 rings (SSSR count). The summed E-state index contributed by atoms with van der Waals surface area (Å²) >= 11 is 1.58. The van der Waals surface area contributed by atoms with E-state index in [1.54, 1.807) is 11.8 Å². The summed E-state index contributed by atoms with van der Waals surface area (Å²) in [5.74, 6) is 0.0469. The smallest absolute Gasteiger partial charge is 0.257 e. The van der Waals surface area contributed by atoms with Crippen LogP contribution in [0.15, 0.2) is 21.5 Å². The third-order valence-electron chi connectivity index (χ3n) is 2.47. The maximum atomic E-state index is 11.9. The summed E-state index contributed by atoms with van der Waals surface area (Å²) in [5, 5.41) is 2.91. The Morgan fingerprint density at radius 3 is 3.00 bits per heavy atom. The van der Waals surface area contributed by atoms with E-state index >= 15 is 0 Å². The summed E-state index contributed by atoms with van der Waals surface area (Å²) in [6.45, 7) is 5.37. The topological polar surface area (TPSA) is 55.1 Å². The van der Waals surface area contributed by atoms with Gasteiger partial charge in [-0.3, -0.25) is 4.79 Å². The molecule has 1 heterocycles. The van der Waals surface area contributed by atoms with Gasteiger partial charge in [0.2, 0.25) is 0 Å². The second kappa shape index (κ2) is 6.76. The summed E-state index contributed by atoms with van der Waals surface area (Å²) in [7, 11) is 0. The van der Waals surface area contributed by atoms with Crippen LogP contribution >= 0.6 is 11.8 Å². The molecular weight excluding hydrogens is 220 g/mol. The molecule has 1 amide bonds. The molecule has 1 aliphatic rings. The average molecular weight is 240 g/mol. The molecule has 0 radical (unpaired) electrons. The lowest BCUT2D eigenvalue weighted by molar-refractivity contribution is -0.116. The van der Waals surface area contributed by atoms with Gasteiger partial charge in [-0.2, -0.15) is 0 Å². The van der Waals surface area contributed by atoms with E-state index in [0.717, 1.165) is 24.2 Å². The summed E-state index contributed by atoms with van der Waals surface area (Å²) in [6.07, 6.45) is 5.03. The van der Waals surface area contributed by atoms with Gasteiger partial charge in [-0.15, -0.1) is 0 Å². The third-order valence-corrected chi connectivity index (χ3v) is 3.70. The van der Waals surface area contributed by atoms with Crippen molar-refractivity contribution in [1.29, 1.82) is 0 Å². The highest BCUT2D eigenvalue weighted by atomic mass is 32.2. The van der Waals surface area contributed by atoms with Gasteiger partial charge in [0.25, 0.3) is 5.91 Å². The first kappa shape index (κ1) is 13.3. The van der Waals surface area contributed by atoms with Crippen LogP contribution in [0.4, 0.5) is 0 Å². The van der Waals surface area contributed by atoms with Gasteiger partial charge in [-0.05, 0) is 44.6 Å². The Morgan fingerprint density at radius 2 is 2.31 bits per heavy atom. The van der Waals surface area contributed by atoms with Gasteiger partial charge in [0, 0.05) is 6.54 Å². The van der Waals surface area contributed by atoms with Crippen molar-refractivity contribution in [2.75, 3.05) is 13.1 Å². The second-order valence-corrected chi connectivity index (χ2v) is 5.22. The molecular formula is C12H20N2OS. The van der Waals surface area contributed by atoms with Crippen LogP contribution in [0.1, 0.15) is 33.1 Å². The predicted molar refractivity (Wildman–Crippen MR) is 70.0 cm³/mol. The van der Waals surface area contributed by atoms with Crippen molar-refractivity contribution in [2.45, 2.75) is 33.1 Å². The molecule has 0 unspecified atom stereocenters. The fourth-order valence-corrected chi connectivity index (χ4v) is 2.48. The number of thioether (sulfide) groups is 1. The van der Waals surface area contributed by atoms with Crippen LogP contribution in [0.3, 0.4) is 0 Å². The Bertz CT molecular complexity index is 321. The Hall–Kier alpha value is -0.740. The van der Waals surface area contributed by atoms with Gasteiger partial charge in [-0.1, -0.05) is 23.4 Å². The van der Waals surface area contributed by atoms with Gasteiger partial charge in [0.05, 0.1) is 4.91 Å². The maximum Gasteiger partial charge on any atom is 0.257 e. The van der Waals surface area contributed by atoms with Crippen molar-refractivity contribution in [3.63, 3.8) is 0 Å². The number of rotatable bonds is 4. The average Bonchev–Trinajstić information content (AvgIpc) is 2.41. The van der Waals surface area contributed by atoms with Gasteiger partial charge >= 0.3 is 0 Å². The van der Waals surface area contributed by atoms with Crippen LogP contribution in [0, 0.1) is 0 Å². The number of allylic oxidation sites excluding steroid dienone is 3. The van der Waals surface area contributed by atoms with E-state index in [2.05, 4.69) is 18.3 Å². The van der Waals surface area contributed by atoms with Crippen LogP contribution in [0.25, 0.3) is 0 Å². The Kier molecular flexibility index (Phi) is 5.63. The first-order valence-electron chi connectivity index (χ1n) is 5.67. The molecule has 1 aliphatic heterocycles. The minimum atomic E-state index is 0.0469. The molecule has 4 heteroatoms. The lowest BCUT2D eigenvalue weighted by atomic mass is 10.1. The zero-order chi connectivity index (χ0) is 12.0. The minimum absolute atomic E-state index is 0.0469. The van der Waals surface area contributed by atoms with Crippen molar-refractivity contribution in [3.8, 4) is 0 Å². The van der Waals surface area contributed by atoms with E-state index < -0.39 is 0 Å². The first-order chi connectivity index (χ1) is 7.65. The monoisotopic (exact) mass is 240 g/mol. The largest absolute Gasteiger partial charge is 0.352 e. The molecule has 0 aromatic rings. The summed E-state index contributed by atoms with van der Waals surface area (Å²) < 4.78 is 0. The second-order valence-electron chi connectivity index (χ2n) is 3.96. The maximum absolute atomic E-state index is 11.9. The highest BCUT2D eigenvalue weighted by Crippen LogP contribution is 2.32. The normalized spacial score (nSPS) is 16.8. The van der Waals surface area contributed by atoms with Crippen LogP contribution in [0.2, 0.25) is 0 Å². The molecule has 0 bridgehead atoms. The van der Waals surface area contributed by atoms with Crippen LogP contribution in [-0.2, 0) is 4.79 Å². The van der Waals surface area contributed by atoms with Crippen LogP contribution in [-0.4, -0.2) is 19.0 Å². The lowest BCUT2D eigenvalue weighted by Gasteiger charge is -2.10. The molecule has 0 aromatic carbocycles. The first-order valence-corrected chi connectivity index (χ1v) is 6.49. The van der Waals surface area contributed by atoms with Gasteiger partial charge in [0.1, 0.15) is 0 Å². The van der Waals surface area contributed by atoms with Crippen molar-refractivity contribution < 1.29 is 4.79 Å². The van der Waals surface area contributed by atoms with E-state index in [9.17, 15) is 4.79 Å². The van der Waals surface area contributed by atoms with E-state index in [1.807, 2.05) is 6.92 Å². The summed E-state index contributed by atoms with van der Waals surface area (Å²) in [6, 6.07) is 0. The van der Waals surface area contributed by atoms with Crippen molar-refractivity contribution >= 4 is 17.7 Å².